The number of nitrogens with two attached hydrogens (primary N) is 1. The third-order valence-corrected chi connectivity index (χ3v) is 5.85. The Labute approximate surface area is 157 Å². The first kappa shape index (κ1) is 18.8. The number of nitrogens with zero attached hydrogens (tertiary/aromatic N) is 4. The van der Waals surface area contributed by atoms with Crippen molar-refractivity contribution >= 4 is 23.5 Å². The fourth-order valence-electron chi connectivity index (χ4n) is 2.77. The van der Waals surface area contributed by atoms with E-state index < -0.39 is 5.82 Å². The third kappa shape index (κ3) is 3.76. The number of rotatable bonds is 4. The molecule has 0 aliphatic carbocycles. The molecular weight excluding hydrogens is 353 g/mol. The van der Waals surface area contributed by atoms with Crippen LogP contribution in [0.1, 0.15) is 26.5 Å². The van der Waals surface area contributed by atoms with Crippen molar-refractivity contribution in [1.82, 2.24) is 15.0 Å². The fraction of sp³-hybridized carbons (Fsp3) is 0.500. The van der Waals surface area contributed by atoms with Gasteiger partial charge in [-0.05, 0) is 33.1 Å². The van der Waals surface area contributed by atoms with Crippen molar-refractivity contribution in [1.29, 1.82) is 0 Å². The molecule has 1 aliphatic rings. The number of hydrogen-bond acceptors (Lipinski definition) is 7. The minimum Gasteiger partial charge on any atom is -0.384 e. The van der Waals surface area contributed by atoms with Gasteiger partial charge < -0.3 is 15.4 Å². The molecule has 0 spiro atoms. The lowest BCUT2D eigenvalue weighted by atomic mass is 10.1. The highest BCUT2D eigenvalue weighted by Gasteiger charge is 2.27. The minimum atomic E-state index is -0.440. The van der Waals surface area contributed by atoms with Crippen LogP contribution in [0.2, 0.25) is 0 Å². The summed E-state index contributed by atoms with van der Waals surface area (Å²) in [6.45, 7) is 8.19. The van der Waals surface area contributed by atoms with Crippen LogP contribution in [0, 0.1) is 5.82 Å². The van der Waals surface area contributed by atoms with Crippen molar-refractivity contribution in [3.8, 4) is 11.3 Å². The summed E-state index contributed by atoms with van der Waals surface area (Å²) in [5.41, 5.74) is 7.26. The zero-order chi connectivity index (χ0) is 18.9. The van der Waals surface area contributed by atoms with Crippen LogP contribution in [0.3, 0.4) is 0 Å². The summed E-state index contributed by atoms with van der Waals surface area (Å²) in [6.07, 6.45) is 3.46. The van der Waals surface area contributed by atoms with Gasteiger partial charge in [-0.25, -0.2) is 19.3 Å². The molecule has 3 heterocycles. The molecular formula is C18H24FN5OS. The molecule has 2 aromatic rings. The van der Waals surface area contributed by atoms with Gasteiger partial charge in [0.2, 0.25) is 5.95 Å². The van der Waals surface area contributed by atoms with Crippen molar-refractivity contribution in [3.63, 3.8) is 0 Å². The zero-order valence-electron chi connectivity index (χ0n) is 15.5. The molecule has 1 atom stereocenters. The Morgan fingerprint density at radius 3 is 2.77 bits per heavy atom. The van der Waals surface area contributed by atoms with E-state index in [1.54, 1.807) is 11.8 Å². The van der Waals surface area contributed by atoms with Crippen LogP contribution in [-0.4, -0.2) is 47.0 Å². The van der Waals surface area contributed by atoms with Gasteiger partial charge in [0, 0.05) is 18.8 Å². The number of ether oxygens (including phenoxy) is 1. The number of aromatic nitrogens is 3. The molecule has 0 radical (unpaired) electrons. The second-order valence-corrected chi connectivity index (χ2v) is 8.29. The van der Waals surface area contributed by atoms with Gasteiger partial charge in [0.05, 0.1) is 41.0 Å². The van der Waals surface area contributed by atoms with E-state index >= 15 is 0 Å². The Kier molecular flexibility index (Phi) is 5.34. The van der Waals surface area contributed by atoms with Crippen LogP contribution >= 0.6 is 11.8 Å². The molecule has 0 bridgehead atoms. The topological polar surface area (TPSA) is 77.2 Å². The van der Waals surface area contributed by atoms with E-state index in [0.29, 0.717) is 37.0 Å². The van der Waals surface area contributed by atoms with E-state index in [1.807, 2.05) is 12.3 Å². The highest BCUT2D eigenvalue weighted by molar-refractivity contribution is 7.99. The monoisotopic (exact) mass is 377 g/mol. The SMILES string of the molecule is CSC(C)(C)c1cc(-c2cnc(N)cc2F)nc(N2CCOC[C@@H]2C)n1. The lowest BCUT2D eigenvalue weighted by Gasteiger charge is -2.34. The van der Waals surface area contributed by atoms with Gasteiger partial charge in [-0.3, -0.25) is 0 Å². The molecule has 26 heavy (non-hydrogen) atoms. The molecule has 140 valence electrons. The van der Waals surface area contributed by atoms with Gasteiger partial charge in [0.25, 0.3) is 0 Å². The maximum absolute atomic E-state index is 14.5. The minimum absolute atomic E-state index is 0.145. The molecule has 0 unspecified atom stereocenters. The largest absolute Gasteiger partial charge is 0.384 e. The summed E-state index contributed by atoms with van der Waals surface area (Å²) in [5, 5.41) is 0. The summed E-state index contributed by atoms with van der Waals surface area (Å²) in [6, 6.07) is 3.20. The second-order valence-electron chi connectivity index (χ2n) is 6.86. The first-order chi connectivity index (χ1) is 12.3. The van der Waals surface area contributed by atoms with E-state index in [4.69, 9.17) is 15.5 Å². The predicted molar refractivity (Wildman–Crippen MR) is 104 cm³/mol. The number of halogens is 1. The molecule has 0 amide bonds. The maximum atomic E-state index is 14.5. The van der Waals surface area contributed by atoms with Gasteiger partial charge in [0.1, 0.15) is 11.6 Å². The van der Waals surface area contributed by atoms with Crippen LogP contribution in [0.15, 0.2) is 18.3 Å². The van der Waals surface area contributed by atoms with Gasteiger partial charge in [-0.1, -0.05) is 0 Å². The predicted octanol–water partition coefficient (Wildman–Crippen LogP) is 3.08. The van der Waals surface area contributed by atoms with Gasteiger partial charge in [-0.15, -0.1) is 0 Å². The Bertz CT molecular complexity index is 801. The maximum Gasteiger partial charge on any atom is 0.226 e. The van der Waals surface area contributed by atoms with Crippen molar-refractivity contribution in [2.24, 2.45) is 0 Å². The molecule has 0 aromatic carbocycles. The zero-order valence-corrected chi connectivity index (χ0v) is 16.3. The quantitative estimate of drug-likeness (QED) is 0.877. The van der Waals surface area contributed by atoms with Crippen LogP contribution in [0.5, 0.6) is 0 Å². The van der Waals surface area contributed by atoms with E-state index in [9.17, 15) is 4.39 Å². The molecule has 8 heteroatoms. The summed E-state index contributed by atoms with van der Waals surface area (Å²) in [5.74, 6) is 0.295. The molecule has 6 nitrogen and oxygen atoms in total. The van der Waals surface area contributed by atoms with E-state index in [1.165, 1.54) is 12.3 Å². The molecule has 1 saturated heterocycles. The highest BCUT2D eigenvalue weighted by Crippen LogP contribution is 2.35. The van der Waals surface area contributed by atoms with E-state index in [-0.39, 0.29) is 16.6 Å². The molecule has 2 aromatic heterocycles. The number of hydrogen-bond donors (Lipinski definition) is 1. The summed E-state index contributed by atoms with van der Waals surface area (Å²) >= 11 is 1.68. The van der Waals surface area contributed by atoms with E-state index in [2.05, 4.69) is 35.6 Å². The first-order valence-corrected chi connectivity index (χ1v) is 9.75. The Hall–Kier alpha value is -1.93. The number of anilines is 2. The van der Waals surface area contributed by atoms with Crippen molar-refractivity contribution < 1.29 is 9.13 Å². The highest BCUT2D eigenvalue weighted by atomic mass is 32.2. The Balaban J connectivity index is 2.14. The van der Waals surface area contributed by atoms with Crippen LogP contribution in [0.25, 0.3) is 11.3 Å². The van der Waals surface area contributed by atoms with Crippen molar-refractivity contribution in [2.75, 3.05) is 36.6 Å². The van der Waals surface area contributed by atoms with Crippen LogP contribution in [-0.2, 0) is 9.48 Å². The van der Waals surface area contributed by atoms with Gasteiger partial charge >= 0.3 is 0 Å². The third-order valence-electron chi connectivity index (χ3n) is 4.62. The average molecular weight is 377 g/mol. The fourth-order valence-corrected chi connectivity index (χ4v) is 3.09. The number of thioether (sulfide) groups is 1. The molecule has 3 rings (SSSR count). The van der Waals surface area contributed by atoms with Crippen LogP contribution in [0.4, 0.5) is 16.2 Å². The second kappa shape index (κ2) is 7.36. The van der Waals surface area contributed by atoms with E-state index in [0.717, 1.165) is 5.69 Å². The lowest BCUT2D eigenvalue weighted by Crippen LogP contribution is -2.44. The normalized spacial score (nSPS) is 18.2. The Morgan fingerprint density at radius 2 is 2.12 bits per heavy atom. The summed E-state index contributed by atoms with van der Waals surface area (Å²) in [7, 11) is 0. The van der Waals surface area contributed by atoms with Crippen molar-refractivity contribution in [3.05, 3.63) is 29.8 Å². The first-order valence-electron chi connectivity index (χ1n) is 8.52. The molecule has 1 aliphatic heterocycles. The van der Waals surface area contributed by atoms with Gasteiger partial charge in [0.15, 0.2) is 0 Å². The number of pyridine rings is 1. The Morgan fingerprint density at radius 1 is 1.35 bits per heavy atom. The van der Waals surface area contributed by atoms with Crippen molar-refractivity contribution in [2.45, 2.75) is 31.6 Å². The molecule has 2 N–H and O–H groups in total. The average Bonchev–Trinajstić information content (AvgIpc) is 2.61. The summed E-state index contributed by atoms with van der Waals surface area (Å²) < 4.78 is 19.8. The summed E-state index contributed by atoms with van der Waals surface area (Å²) in [4.78, 5) is 15.6. The van der Waals surface area contributed by atoms with Crippen LogP contribution < -0.4 is 10.6 Å². The lowest BCUT2D eigenvalue weighted by molar-refractivity contribution is 0.0980. The molecule has 0 saturated carbocycles. The van der Waals surface area contributed by atoms with Gasteiger partial charge in [-0.2, -0.15) is 11.8 Å². The standard InChI is InChI=1S/C18H24FN5OS/c1-11-10-25-6-5-24(11)17-22-14(8-15(23-17)18(2,3)26-4)12-9-21-16(20)7-13(12)19/h7-9,11H,5-6,10H2,1-4H3,(H2,20,21)/t11-/m0/s1. The number of nitrogen functional groups attached to an aromatic ring is 1. The number of morpholine rings is 1. The smallest absolute Gasteiger partial charge is 0.226 e. The molecule has 1 fully saturated rings.